The van der Waals surface area contributed by atoms with Gasteiger partial charge in [-0.2, -0.15) is 0 Å². The Bertz CT molecular complexity index is 714. The second kappa shape index (κ2) is 8.30. The molecule has 0 saturated heterocycles. The van der Waals surface area contributed by atoms with Gasteiger partial charge in [0, 0.05) is 24.7 Å². The van der Waals surface area contributed by atoms with E-state index in [1.54, 1.807) is 0 Å². The SMILES string of the molecule is C[C@@H](NC(=O)NCCNS(C)(=O)=O)c1ccc(NC(=O)C2CC2)cc1. The van der Waals surface area contributed by atoms with Gasteiger partial charge in [0.05, 0.1) is 12.3 Å². The van der Waals surface area contributed by atoms with E-state index in [0.29, 0.717) is 0 Å². The summed E-state index contributed by atoms with van der Waals surface area (Å²) >= 11 is 0. The van der Waals surface area contributed by atoms with Crippen LogP contribution in [0.15, 0.2) is 24.3 Å². The molecule has 0 aliphatic heterocycles. The zero-order chi connectivity index (χ0) is 18.4. The van der Waals surface area contributed by atoms with Crippen molar-refractivity contribution in [3.05, 3.63) is 29.8 Å². The largest absolute Gasteiger partial charge is 0.337 e. The van der Waals surface area contributed by atoms with Gasteiger partial charge in [0.2, 0.25) is 15.9 Å². The third-order valence-corrected chi connectivity index (χ3v) is 4.48. The Labute approximate surface area is 147 Å². The average Bonchev–Trinajstić information content (AvgIpc) is 3.36. The van der Waals surface area contributed by atoms with Crippen molar-refractivity contribution in [2.24, 2.45) is 5.92 Å². The molecule has 4 N–H and O–H groups in total. The Balaban J connectivity index is 1.74. The van der Waals surface area contributed by atoms with E-state index in [-0.39, 0.29) is 37.0 Å². The van der Waals surface area contributed by atoms with Gasteiger partial charge in [-0.15, -0.1) is 0 Å². The van der Waals surface area contributed by atoms with Crippen LogP contribution in [0.3, 0.4) is 0 Å². The predicted molar refractivity (Wildman–Crippen MR) is 95.6 cm³/mol. The molecular formula is C16H24N4O4S. The molecule has 9 heteroatoms. The van der Waals surface area contributed by atoms with Crippen LogP contribution in [-0.4, -0.2) is 39.7 Å². The van der Waals surface area contributed by atoms with Crippen LogP contribution in [0.2, 0.25) is 0 Å². The molecule has 0 aromatic heterocycles. The van der Waals surface area contributed by atoms with Crippen LogP contribution in [0.4, 0.5) is 10.5 Å². The van der Waals surface area contributed by atoms with Gasteiger partial charge < -0.3 is 16.0 Å². The summed E-state index contributed by atoms with van der Waals surface area (Å²) in [6.07, 6.45) is 2.98. The Kier molecular flexibility index (Phi) is 6.38. The molecule has 1 saturated carbocycles. The van der Waals surface area contributed by atoms with Crippen molar-refractivity contribution in [1.29, 1.82) is 0 Å². The normalized spacial score (nSPS) is 15.3. The monoisotopic (exact) mass is 368 g/mol. The van der Waals surface area contributed by atoms with Gasteiger partial charge in [0.1, 0.15) is 0 Å². The molecule has 2 rings (SSSR count). The first-order valence-electron chi connectivity index (χ1n) is 8.14. The third-order valence-electron chi connectivity index (χ3n) is 3.75. The Hall–Kier alpha value is -2.13. The summed E-state index contributed by atoms with van der Waals surface area (Å²) in [6, 6.07) is 6.70. The highest BCUT2D eigenvalue weighted by molar-refractivity contribution is 7.88. The lowest BCUT2D eigenvalue weighted by Crippen LogP contribution is -2.41. The van der Waals surface area contributed by atoms with E-state index in [1.807, 2.05) is 31.2 Å². The number of rotatable bonds is 8. The number of carbonyl (C=O) groups excluding carboxylic acids is 2. The summed E-state index contributed by atoms with van der Waals surface area (Å²) in [5, 5.41) is 8.21. The number of sulfonamides is 1. The molecular weight excluding hydrogens is 344 g/mol. The molecule has 1 atom stereocenters. The second-order valence-corrected chi connectivity index (χ2v) is 8.01. The molecule has 1 aromatic rings. The topological polar surface area (TPSA) is 116 Å². The Morgan fingerprint density at radius 2 is 1.80 bits per heavy atom. The standard InChI is InChI=1S/C16H24N4O4S/c1-11(19-16(22)17-9-10-18-25(2,23)24)12-5-7-14(8-6-12)20-15(21)13-3-4-13/h5-8,11,13,18H,3-4,9-10H2,1-2H3,(H,20,21)(H2,17,19,22)/t11-/m1/s1. The van der Waals surface area contributed by atoms with Crippen LogP contribution < -0.4 is 20.7 Å². The maximum atomic E-state index is 11.8. The van der Waals surface area contributed by atoms with Gasteiger partial charge in [-0.1, -0.05) is 12.1 Å². The van der Waals surface area contributed by atoms with Crippen molar-refractivity contribution >= 4 is 27.6 Å². The van der Waals surface area contributed by atoms with Crippen LogP contribution in [0, 0.1) is 5.92 Å². The molecule has 0 radical (unpaired) electrons. The minimum atomic E-state index is -3.25. The molecule has 0 bridgehead atoms. The number of benzene rings is 1. The predicted octanol–water partition coefficient (Wildman–Crippen LogP) is 0.945. The maximum absolute atomic E-state index is 11.8. The number of nitrogens with one attached hydrogen (secondary N) is 4. The molecule has 0 unspecified atom stereocenters. The van der Waals surface area contributed by atoms with Gasteiger partial charge in [0.25, 0.3) is 0 Å². The van der Waals surface area contributed by atoms with Crippen LogP contribution >= 0.6 is 0 Å². The summed E-state index contributed by atoms with van der Waals surface area (Å²) in [7, 11) is -3.25. The van der Waals surface area contributed by atoms with E-state index in [0.717, 1.165) is 30.3 Å². The highest BCUT2D eigenvalue weighted by atomic mass is 32.2. The van der Waals surface area contributed by atoms with E-state index >= 15 is 0 Å². The van der Waals surface area contributed by atoms with Crippen molar-refractivity contribution in [3.8, 4) is 0 Å². The molecule has 8 nitrogen and oxygen atoms in total. The zero-order valence-electron chi connectivity index (χ0n) is 14.3. The Morgan fingerprint density at radius 1 is 1.16 bits per heavy atom. The minimum Gasteiger partial charge on any atom is -0.337 e. The van der Waals surface area contributed by atoms with E-state index in [2.05, 4.69) is 20.7 Å². The lowest BCUT2D eigenvalue weighted by Gasteiger charge is -2.16. The average molecular weight is 368 g/mol. The number of anilines is 1. The highest BCUT2D eigenvalue weighted by Crippen LogP contribution is 2.30. The molecule has 0 heterocycles. The molecule has 1 aliphatic carbocycles. The van der Waals surface area contributed by atoms with Gasteiger partial charge in [-0.25, -0.2) is 17.9 Å². The number of urea groups is 1. The molecule has 3 amide bonds. The summed E-state index contributed by atoms with van der Waals surface area (Å²) in [4.78, 5) is 23.5. The van der Waals surface area contributed by atoms with Crippen LogP contribution in [0.25, 0.3) is 0 Å². The maximum Gasteiger partial charge on any atom is 0.315 e. The smallest absolute Gasteiger partial charge is 0.315 e. The van der Waals surface area contributed by atoms with Gasteiger partial charge >= 0.3 is 6.03 Å². The van der Waals surface area contributed by atoms with E-state index in [9.17, 15) is 18.0 Å². The zero-order valence-corrected chi connectivity index (χ0v) is 15.2. The molecule has 1 aliphatic rings. The van der Waals surface area contributed by atoms with E-state index in [4.69, 9.17) is 0 Å². The fourth-order valence-corrected chi connectivity index (χ4v) is 2.66. The lowest BCUT2D eigenvalue weighted by atomic mass is 10.1. The first-order valence-corrected chi connectivity index (χ1v) is 10.0. The summed E-state index contributed by atoms with van der Waals surface area (Å²) in [6.45, 7) is 2.17. The second-order valence-electron chi connectivity index (χ2n) is 6.17. The fraction of sp³-hybridized carbons (Fsp3) is 0.500. The van der Waals surface area contributed by atoms with Crippen molar-refractivity contribution in [1.82, 2.24) is 15.4 Å². The van der Waals surface area contributed by atoms with Crippen LogP contribution in [0.5, 0.6) is 0 Å². The van der Waals surface area contributed by atoms with Gasteiger partial charge in [0.15, 0.2) is 0 Å². The van der Waals surface area contributed by atoms with Crippen molar-refractivity contribution in [2.75, 3.05) is 24.7 Å². The first kappa shape index (κ1) is 19.2. The number of amides is 3. The Morgan fingerprint density at radius 3 is 2.36 bits per heavy atom. The van der Waals surface area contributed by atoms with E-state index < -0.39 is 10.0 Å². The fourth-order valence-electron chi connectivity index (χ4n) is 2.19. The molecule has 1 aromatic carbocycles. The number of carbonyl (C=O) groups is 2. The lowest BCUT2D eigenvalue weighted by molar-refractivity contribution is -0.117. The van der Waals surface area contributed by atoms with Crippen molar-refractivity contribution in [3.63, 3.8) is 0 Å². The molecule has 0 spiro atoms. The summed E-state index contributed by atoms with van der Waals surface area (Å²) < 4.78 is 24.1. The van der Waals surface area contributed by atoms with Crippen molar-refractivity contribution in [2.45, 2.75) is 25.8 Å². The summed E-state index contributed by atoms with van der Waals surface area (Å²) in [5.41, 5.74) is 1.64. The quantitative estimate of drug-likeness (QED) is 0.511. The van der Waals surface area contributed by atoms with E-state index in [1.165, 1.54) is 0 Å². The molecule has 1 fully saturated rings. The third kappa shape index (κ3) is 7.10. The molecule has 25 heavy (non-hydrogen) atoms. The van der Waals surface area contributed by atoms with Crippen LogP contribution in [-0.2, 0) is 14.8 Å². The van der Waals surface area contributed by atoms with Gasteiger partial charge in [-0.05, 0) is 37.5 Å². The minimum absolute atomic E-state index is 0.0565. The van der Waals surface area contributed by atoms with Gasteiger partial charge in [-0.3, -0.25) is 4.79 Å². The summed E-state index contributed by atoms with van der Waals surface area (Å²) in [5.74, 6) is 0.210. The number of hydrogen-bond donors (Lipinski definition) is 4. The first-order chi connectivity index (χ1) is 11.7. The van der Waals surface area contributed by atoms with Crippen LogP contribution in [0.1, 0.15) is 31.4 Å². The van der Waals surface area contributed by atoms with Crippen molar-refractivity contribution < 1.29 is 18.0 Å². The number of hydrogen-bond acceptors (Lipinski definition) is 4. The highest BCUT2D eigenvalue weighted by Gasteiger charge is 2.29. The molecule has 138 valence electrons.